The molecule has 0 aliphatic heterocycles. The number of unbranched alkanes of at least 4 members (excludes halogenated alkanes) is 3. The highest BCUT2D eigenvalue weighted by Crippen LogP contribution is 2.22. The van der Waals surface area contributed by atoms with Gasteiger partial charge in [0, 0.05) is 6.08 Å². The Kier molecular flexibility index (Phi) is 11.7. The fourth-order valence-corrected chi connectivity index (χ4v) is 2.98. The monoisotopic (exact) mass is 496 g/mol. The average molecular weight is 497 g/mol. The summed E-state index contributed by atoms with van der Waals surface area (Å²) in [7, 11) is 1.31. The average Bonchev–Trinajstić information content (AvgIpc) is 2.89. The number of hydrogen-bond acceptors (Lipinski definition) is 7. The normalized spacial score (nSPS) is 11.2. The Morgan fingerprint density at radius 3 is 2.06 bits per heavy atom. The molecule has 0 bridgehead atoms. The standard InChI is InChI=1S/C29H36O7/c1-5-29(2,3)28(32)35-21-9-7-6-8-20-34-24-17-13-23(14-18-24)27(31)36-25-15-10-22(11-16-25)12-19-26(30)33-4/h10-19H,5-9,20-21H2,1-4H3/b19-12+. The molecule has 0 N–H and O–H groups in total. The summed E-state index contributed by atoms with van der Waals surface area (Å²) in [5.41, 5.74) is 0.774. The number of rotatable bonds is 14. The van der Waals surface area contributed by atoms with Crippen molar-refractivity contribution in [1.29, 1.82) is 0 Å². The molecule has 0 atom stereocenters. The third kappa shape index (κ3) is 9.94. The second-order valence-corrected chi connectivity index (χ2v) is 8.98. The zero-order valence-corrected chi connectivity index (χ0v) is 21.6. The molecule has 0 unspecified atom stereocenters. The van der Waals surface area contributed by atoms with Crippen LogP contribution in [0.3, 0.4) is 0 Å². The van der Waals surface area contributed by atoms with Gasteiger partial charge in [-0.2, -0.15) is 0 Å². The molecule has 0 saturated heterocycles. The van der Waals surface area contributed by atoms with Crippen LogP contribution in [0.4, 0.5) is 0 Å². The molecular formula is C29H36O7. The van der Waals surface area contributed by atoms with Crippen molar-refractivity contribution >= 4 is 24.0 Å². The van der Waals surface area contributed by atoms with E-state index in [1.165, 1.54) is 13.2 Å². The van der Waals surface area contributed by atoms with Crippen LogP contribution in [-0.4, -0.2) is 38.2 Å². The van der Waals surface area contributed by atoms with Gasteiger partial charge in [-0.15, -0.1) is 0 Å². The van der Waals surface area contributed by atoms with Gasteiger partial charge in [0.2, 0.25) is 0 Å². The smallest absolute Gasteiger partial charge is 0.343 e. The Bertz CT molecular complexity index is 1000. The molecule has 0 aliphatic rings. The van der Waals surface area contributed by atoms with Crippen LogP contribution in [0.2, 0.25) is 0 Å². The van der Waals surface area contributed by atoms with Crippen molar-refractivity contribution in [3.05, 3.63) is 65.7 Å². The lowest BCUT2D eigenvalue weighted by Gasteiger charge is -2.20. The lowest BCUT2D eigenvalue weighted by atomic mass is 9.91. The second kappa shape index (κ2) is 14.7. The van der Waals surface area contributed by atoms with Crippen LogP contribution in [0.25, 0.3) is 6.08 Å². The summed E-state index contributed by atoms with van der Waals surface area (Å²) in [5.74, 6) is 0.0403. The molecular weight excluding hydrogens is 460 g/mol. The number of ether oxygens (including phenoxy) is 4. The lowest BCUT2D eigenvalue weighted by Crippen LogP contribution is -2.26. The van der Waals surface area contributed by atoms with E-state index >= 15 is 0 Å². The van der Waals surface area contributed by atoms with E-state index in [9.17, 15) is 14.4 Å². The minimum Gasteiger partial charge on any atom is -0.494 e. The second-order valence-electron chi connectivity index (χ2n) is 8.98. The fourth-order valence-electron chi connectivity index (χ4n) is 2.98. The van der Waals surface area contributed by atoms with Crippen molar-refractivity contribution < 1.29 is 33.3 Å². The van der Waals surface area contributed by atoms with Gasteiger partial charge in [-0.1, -0.05) is 19.1 Å². The van der Waals surface area contributed by atoms with E-state index in [4.69, 9.17) is 14.2 Å². The first kappa shape index (κ1) is 28.6. The predicted octanol–water partition coefficient (Wildman–Crippen LogP) is 6.01. The molecule has 0 fully saturated rings. The van der Waals surface area contributed by atoms with E-state index in [-0.39, 0.29) is 5.97 Å². The molecule has 0 aliphatic carbocycles. The summed E-state index contributed by atoms with van der Waals surface area (Å²) in [6.45, 7) is 6.81. The molecule has 0 saturated carbocycles. The SMILES string of the molecule is CCC(C)(C)C(=O)OCCCCCCOc1ccc(C(=O)Oc2ccc(/C=C/C(=O)OC)cc2)cc1. The number of methoxy groups -OCH3 is 1. The van der Waals surface area contributed by atoms with Crippen molar-refractivity contribution in [1.82, 2.24) is 0 Å². The number of hydrogen-bond donors (Lipinski definition) is 0. The minimum absolute atomic E-state index is 0.136. The summed E-state index contributed by atoms with van der Waals surface area (Å²) < 4.78 is 21.0. The quantitative estimate of drug-likeness (QED) is 0.137. The number of esters is 3. The van der Waals surface area contributed by atoms with Crippen molar-refractivity contribution in [3.8, 4) is 11.5 Å². The third-order valence-electron chi connectivity index (χ3n) is 5.77. The van der Waals surface area contributed by atoms with E-state index in [1.54, 1.807) is 54.6 Å². The molecule has 0 spiro atoms. The summed E-state index contributed by atoms with van der Waals surface area (Å²) in [6, 6.07) is 13.6. The predicted molar refractivity (Wildman–Crippen MR) is 138 cm³/mol. The van der Waals surface area contributed by atoms with Crippen LogP contribution in [0.5, 0.6) is 11.5 Å². The highest BCUT2D eigenvalue weighted by Gasteiger charge is 2.26. The van der Waals surface area contributed by atoms with Gasteiger partial charge in [-0.3, -0.25) is 4.79 Å². The number of benzene rings is 2. The van der Waals surface area contributed by atoms with Crippen LogP contribution in [0.1, 0.15) is 68.8 Å². The van der Waals surface area contributed by atoms with Gasteiger partial charge in [0.25, 0.3) is 0 Å². The van der Waals surface area contributed by atoms with E-state index in [0.29, 0.717) is 30.3 Å². The molecule has 36 heavy (non-hydrogen) atoms. The first-order valence-corrected chi connectivity index (χ1v) is 12.2. The van der Waals surface area contributed by atoms with Gasteiger partial charge in [-0.25, -0.2) is 9.59 Å². The van der Waals surface area contributed by atoms with Crippen LogP contribution in [-0.2, 0) is 19.1 Å². The van der Waals surface area contributed by atoms with Crippen molar-refractivity contribution in [2.24, 2.45) is 5.41 Å². The molecule has 7 heteroatoms. The van der Waals surface area contributed by atoms with Crippen molar-refractivity contribution in [2.45, 2.75) is 52.9 Å². The Hall–Kier alpha value is -3.61. The summed E-state index contributed by atoms with van der Waals surface area (Å²) in [6.07, 6.45) is 7.38. The Labute approximate surface area is 213 Å². The molecule has 194 valence electrons. The van der Waals surface area contributed by atoms with E-state index in [2.05, 4.69) is 4.74 Å². The fraction of sp³-hybridized carbons (Fsp3) is 0.414. The first-order valence-electron chi connectivity index (χ1n) is 12.2. The van der Waals surface area contributed by atoms with Gasteiger partial charge in [0.05, 0.1) is 31.3 Å². The highest BCUT2D eigenvalue weighted by molar-refractivity contribution is 5.91. The molecule has 0 amide bonds. The molecule has 0 heterocycles. The Morgan fingerprint density at radius 2 is 1.44 bits per heavy atom. The number of carbonyl (C=O) groups is 3. The van der Waals surface area contributed by atoms with Gasteiger partial charge >= 0.3 is 17.9 Å². The van der Waals surface area contributed by atoms with Crippen molar-refractivity contribution in [3.63, 3.8) is 0 Å². The van der Waals surface area contributed by atoms with Crippen molar-refractivity contribution in [2.75, 3.05) is 20.3 Å². The van der Waals surface area contributed by atoms with Gasteiger partial charge in [0.15, 0.2) is 0 Å². The Balaban J connectivity index is 1.66. The van der Waals surface area contributed by atoms with Gasteiger partial charge in [0.1, 0.15) is 11.5 Å². The molecule has 7 nitrogen and oxygen atoms in total. The van der Waals surface area contributed by atoms with E-state index < -0.39 is 17.4 Å². The zero-order chi connectivity index (χ0) is 26.4. The van der Waals surface area contributed by atoms with E-state index in [1.807, 2.05) is 20.8 Å². The first-order chi connectivity index (χ1) is 17.2. The van der Waals surface area contributed by atoms with Gasteiger partial charge in [-0.05, 0) is 94.0 Å². The minimum atomic E-state index is -0.470. The molecule has 2 aromatic rings. The maximum atomic E-state index is 12.4. The van der Waals surface area contributed by atoms with E-state index in [0.717, 1.165) is 37.7 Å². The molecule has 0 aromatic heterocycles. The van der Waals surface area contributed by atoms with Gasteiger partial charge < -0.3 is 18.9 Å². The summed E-state index contributed by atoms with van der Waals surface area (Å²) >= 11 is 0. The van der Waals surface area contributed by atoms with Crippen LogP contribution >= 0.6 is 0 Å². The van der Waals surface area contributed by atoms with Crippen LogP contribution in [0, 0.1) is 5.41 Å². The molecule has 0 radical (unpaired) electrons. The zero-order valence-electron chi connectivity index (χ0n) is 21.6. The molecule has 2 aromatic carbocycles. The number of carbonyl (C=O) groups excluding carboxylic acids is 3. The maximum Gasteiger partial charge on any atom is 0.343 e. The van der Waals surface area contributed by atoms with Crippen LogP contribution in [0.15, 0.2) is 54.6 Å². The highest BCUT2D eigenvalue weighted by atomic mass is 16.5. The lowest BCUT2D eigenvalue weighted by molar-refractivity contribution is -0.154. The summed E-state index contributed by atoms with van der Waals surface area (Å²) in [4.78, 5) is 35.5. The Morgan fingerprint density at radius 1 is 0.833 bits per heavy atom. The topological polar surface area (TPSA) is 88.1 Å². The maximum absolute atomic E-state index is 12.4. The van der Waals surface area contributed by atoms with Crippen LogP contribution < -0.4 is 9.47 Å². The third-order valence-corrected chi connectivity index (χ3v) is 5.77. The molecule has 2 rings (SSSR count). The summed E-state index contributed by atoms with van der Waals surface area (Å²) in [5, 5.41) is 0. The largest absolute Gasteiger partial charge is 0.494 e.